The van der Waals surface area contributed by atoms with Crippen LogP contribution in [0.1, 0.15) is 36.0 Å². The highest BCUT2D eigenvalue weighted by Crippen LogP contribution is 2.31. The number of hydrogen-bond donors (Lipinski definition) is 2. The standard InChI is InChI=1S/C24H30Cl2N4O3S.C2HF3O2/c1-17-20(25)11-12-21(23(17)26)34(32,33)30(3)15-5-4-6-22(31)29(2)16-18-7-9-19(10-8-18)24-27-13-14-28-24;3-2(4,5)1(6)7/h7-12H,4-6,13-16H2,1-3H3,(H,27,28);(H,6,7). The second-order valence-corrected chi connectivity index (χ2v) is 12.0. The first kappa shape index (κ1) is 34.3. The molecule has 2 N–H and O–H groups in total. The van der Waals surface area contributed by atoms with Crippen molar-refractivity contribution < 1.29 is 36.3 Å². The second kappa shape index (κ2) is 14.9. The third-order valence-corrected chi connectivity index (χ3v) is 8.98. The number of aliphatic carboxylic acids is 1. The van der Waals surface area contributed by atoms with Crippen molar-refractivity contribution in [1.82, 2.24) is 14.5 Å². The number of benzene rings is 2. The van der Waals surface area contributed by atoms with Gasteiger partial charge in [0.1, 0.15) is 10.7 Å². The number of halogens is 5. The predicted octanol–water partition coefficient (Wildman–Crippen LogP) is 4.73. The van der Waals surface area contributed by atoms with E-state index in [4.69, 9.17) is 33.1 Å². The van der Waals surface area contributed by atoms with Gasteiger partial charge in [0, 0.05) is 50.7 Å². The van der Waals surface area contributed by atoms with Gasteiger partial charge in [0.05, 0.1) is 11.6 Å². The van der Waals surface area contributed by atoms with Gasteiger partial charge in [-0.1, -0.05) is 47.5 Å². The van der Waals surface area contributed by atoms with Gasteiger partial charge < -0.3 is 15.3 Å². The molecule has 0 aromatic heterocycles. The summed E-state index contributed by atoms with van der Waals surface area (Å²) >= 11 is 12.2. The lowest BCUT2D eigenvalue weighted by Crippen LogP contribution is -2.29. The maximum atomic E-state index is 12.9. The van der Waals surface area contributed by atoms with Crippen LogP contribution in [-0.2, 0) is 26.2 Å². The molecular formula is C26H31Cl2F3N4O5S. The number of amidine groups is 1. The summed E-state index contributed by atoms with van der Waals surface area (Å²) in [5, 5.41) is 10.9. The van der Waals surface area contributed by atoms with Crippen LogP contribution in [0, 0.1) is 6.92 Å². The number of aliphatic imine (C=N–C) groups is 1. The van der Waals surface area contributed by atoms with E-state index in [1.807, 2.05) is 24.3 Å². The normalized spacial score (nSPS) is 13.2. The van der Waals surface area contributed by atoms with Crippen LogP contribution < -0.4 is 5.32 Å². The molecule has 0 aliphatic carbocycles. The number of carboxylic acids is 1. The van der Waals surface area contributed by atoms with Crippen LogP contribution in [0.15, 0.2) is 46.3 Å². The molecule has 15 heteroatoms. The molecule has 1 amide bonds. The van der Waals surface area contributed by atoms with Crippen LogP contribution in [-0.4, -0.2) is 80.3 Å². The first-order chi connectivity index (χ1) is 19.1. The van der Waals surface area contributed by atoms with E-state index in [1.54, 1.807) is 18.9 Å². The molecule has 0 unspecified atom stereocenters. The smallest absolute Gasteiger partial charge is 0.475 e. The number of carboxylic acid groups (broad SMARTS) is 1. The quantitative estimate of drug-likeness (QED) is 0.363. The molecule has 1 aliphatic heterocycles. The number of hydrogen-bond acceptors (Lipinski definition) is 6. The zero-order chi connectivity index (χ0) is 31.0. The van der Waals surface area contributed by atoms with Crippen molar-refractivity contribution in [2.45, 2.75) is 43.8 Å². The van der Waals surface area contributed by atoms with E-state index in [0.29, 0.717) is 36.4 Å². The van der Waals surface area contributed by atoms with Gasteiger partial charge in [-0.3, -0.25) is 9.79 Å². The zero-order valence-corrected chi connectivity index (χ0v) is 25.0. The van der Waals surface area contributed by atoms with Gasteiger partial charge in [0.15, 0.2) is 0 Å². The van der Waals surface area contributed by atoms with Gasteiger partial charge in [-0.2, -0.15) is 13.2 Å². The summed E-state index contributed by atoms with van der Waals surface area (Å²) in [5.41, 5.74) is 2.62. The number of carbonyl (C=O) groups excluding carboxylic acids is 1. The van der Waals surface area contributed by atoms with Gasteiger partial charge in [-0.25, -0.2) is 17.5 Å². The molecular weight excluding hydrogens is 608 g/mol. The molecule has 1 heterocycles. The monoisotopic (exact) mass is 638 g/mol. The van der Waals surface area contributed by atoms with Crippen molar-refractivity contribution in [2.75, 3.05) is 33.7 Å². The lowest BCUT2D eigenvalue weighted by Gasteiger charge is -2.20. The molecule has 0 bridgehead atoms. The van der Waals surface area contributed by atoms with Crippen molar-refractivity contribution in [3.8, 4) is 0 Å². The first-order valence-corrected chi connectivity index (χ1v) is 14.6. The summed E-state index contributed by atoms with van der Waals surface area (Å²) in [6.45, 7) is 4.15. The van der Waals surface area contributed by atoms with Gasteiger partial charge >= 0.3 is 12.1 Å². The Labute approximate surface area is 247 Å². The maximum absolute atomic E-state index is 12.9. The summed E-state index contributed by atoms with van der Waals surface area (Å²) in [5.74, 6) is -1.82. The minimum Gasteiger partial charge on any atom is -0.475 e. The van der Waals surface area contributed by atoms with E-state index in [0.717, 1.165) is 30.1 Å². The minimum absolute atomic E-state index is 0.0211. The lowest BCUT2D eigenvalue weighted by atomic mass is 10.1. The zero-order valence-electron chi connectivity index (χ0n) is 22.6. The summed E-state index contributed by atoms with van der Waals surface area (Å²) < 4.78 is 58.8. The Morgan fingerprint density at radius 3 is 2.22 bits per heavy atom. The number of sulfonamides is 1. The molecule has 0 radical (unpaired) electrons. The van der Waals surface area contributed by atoms with Crippen LogP contribution in [0.4, 0.5) is 13.2 Å². The molecule has 1 aliphatic rings. The summed E-state index contributed by atoms with van der Waals surface area (Å²) in [4.78, 5) is 27.6. The molecule has 0 fully saturated rings. The molecule has 0 atom stereocenters. The van der Waals surface area contributed by atoms with Gasteiger partial charge in [-0.05, 0) is 43.0 Å². The molecule has 0 saturated heterocycles. The fourth-order valence-electron chi connectivity index (χ4n) is 3.65. The summed E-state index contributed by atoms with van der Waals surface area (Å²) in [7, 11) is -0.450. The number of alkyl halides is 3. The summed E-state index contributed by atoms with van der Waals surface area (Å²) in [6, 6.07) is 11.0. The van der Waals surface area contributed by atoms with E-state index in [1.165, 1.54) is 23.5 Å². The highest BCUT2D eigenvalue weighted by atomic mass is 35.5. The predicted molar refractivity (Wildman–Crippen MR) is 151 cm³/mol. The average molecular weight is 640 g/mol. The number of rotatable bonds is 10. The molecule has 2 aromatic carbocycles. The largest absolute Gasteiger partial charge is 0.490 e. The molecule has 3 rings (SSSR count). The number of nitrogens with one attached hydrogen (secondary N) is 1. The van der Waals surface area contributed by atoms with Crippen molar-refractivity contribution in [1.29, 1.82) is 0 Å². The van der Waals surface area contributed by atoms with Crippen LogP contribution >= 0.6 is 23.2 Å². The minimum atomic E-state index is -5.08. The Morgan fingerprint density at radius 2 is 1.68 bits per heavy atom. The van der Waals surface area contributed by atoms with E-state index in [2.05, 4.69) is 10.3 Å². The molecule has 41 heavy (non-hydrogen) atoms. The topological polar surface area (TPSA) is 119 Å². The van der Waals surface area contributed by atoms with Crippen molar-refractivity contribution in [3.63, 3.8) is 0 Å². The van der Waals surface area contributed by atoms with Crippen LogP contribution in [0.2, 0.25) is 10.0 Å². The SMILES string of the molecule is Cc1c(Cl)ccc(S(=O)(=O)N(C)CCCCC(=O)N(C)Cc2ccc(C3=NCCN3)cc2)c1Cl.O=C(O)C(F)(F)F. The molecule has 0 spiro atoms. The van der Waals surface area contributed by atoms with Crippen molar-refractivity contribution in [2.24, 2.45) is 4.99 Å². The van der Waals surface area contributed by atoms with E-state index >= 15 is 0 Å². The molecule has 226 valence electrons. The van der Waals surface area contributed by atoms with Crippen molar-refractivity contribution in [3.05, 3.63) is 63.1 Å². The number of carbonyl (C=O) groups is 2. The Bertz CT molecular complexity index is 1370. The van der Waals surface area contributed by atoms with Crippen LogP contribution in [0.25, 0.3) is 0 Å². The molecule has 0 saturated carbocycles. The van der Waals surface area contributed by atoms with Crippen LogP contribution in [0.5, 0.6) is 0 Å². The maximum Gasteiger partial charge on any atom is 0.490 e. The first-order valence-electron chi connectivity index (χ1n) is 12.4. The van der Waals surface area contributed by atoms with Crippen LogP contribution in [0.3, 0.4) is 0 Å². The Balaban J connectivity index is 0.000000745. The molecule has 2 aromatic rings. The highest BCUT2D eigenvalue weighted by molar-refractivity contribution is 7.89. The molecule has 9 nitrogen and oxygen atoms in total. The Kier molecular flexibility index (Phi) is 12.4. The summed E-state index contributed by atoms with van der Waals surface area (Å²) in [6.07, 6.45) is -3.59. The lowest BCUT2D eigenvalue weighted by molar-refractivity contribution is -0.192. The van der Waals surface area contributed by atoms with E-state index in [-0.39, 0.29) is 22.4 Å². The third kappa shape index (κ3) is 9.87. The van der Waals surface area contributed by atoms with Gasteiger partial charge in [0.2, 0.25) is 15.9 Å². The van der Waals surface area contributed by atoms with E-state index in [9.17, 15) is 26.4 Å². The Morgan fingerprint density at radius 1 is 1.07 bits per heavy atom. The third-order valence-electron chi connectivity index (χ3n) is 6.08. The number of amides is 1. The fourth-order valence-corrected chi connectivity index (χ4v) is 5.63. The number of nitrogens with zero attached hydrogens (tertiary/aromatic N) is 3. The van der Waals surface area contributed by atoms with Gasteiger partial charge in [-0.15, -0.1) is 0 Å². The van der Waals surface area contributed by atoms with E-state index < -0.39 is 22.2 Å². The number of unbranched alkanes of at least 4 members (excludes halogenated alkanes) is 1. The highest BCUT2D eigenvalue weighted by Gasteiger charge is 2.38. The fraction of sp³-hybridized carbons (Fsp3) is 0.423. The Hall–Kier alpha value is -2.87. The average Bonchev–Trinajstić information content (AvgIpc) is 3.44. The van der Waals surface area contributed by atoms with Gasteiger partial charge in [0.25, 0.3) is 0 Å². The van der Waals surface area contributed by atoms with Crippen molar-refractivity contribution >= 4 is 50.9 Å². The second-order valence-electron chi connectivity index (χ2n) is 9.17.